The van der Waals surface area contributed by atoms with E-state index in [1.807, 2.05) is 13.8 Å². The minimum absolute atomic E-state index is 0.00838. The Kier molecular flexibility index (Phi) is 14.4. The van der Waals surface area contributed by atoms with Crippen LogP contribution in [0.1, 0.15) is 57.1 Å². The number of hydrogen-bond donors (Lipinski definition) is 6. The number of amides is 7. The first kappa shape index (κ1) is 45.5. The van der Waals surface area contributed by atoms with Gasteiger partial charge in [0.15, 0.2) is 0 Å². The van der Waals surface area contributed by atoms with Crippen LogP contribution < -0.4 is 21.3 Å². The van der Waals surface area contributed by atoms with Crippen LogP contribution in [-0.2, 0) is 44.2 Å². The Hall–Kier alpha value is -5.01. The summed E-state index contributed by atoms with van der Waals surface area (Å²) in [5, 5.41) is 10.5. The molecule has 18 nitrogen and oxygen atoms in total. The van der Waals surface area contributed by atoms with Crippen molar-refractivity contribution in [2.24, 2.45) is 5.92 Å². The quantitative estimate of drug-likeness (QED) is 0.209. The Balaban J connectivity index is 1.34. The van der Waals surface area contributed by atoms with Crippen LogP contribution in [0.4, 0.5) is 19.3 Å². The topological polar surface area (TPSA) is 236 Å². The molecule has 4 aliphatic heterocycles. The van der Waals surface area contributed by atoms with Crippen molar-refractivity contribution in [2.45, 2.75) is 102 Å². The van der Waals surface area contributed by atoms with Gasteiger partial charge in [0, 0.05) is 44.2 Å². The molecule has 2 aromatic rings. The number of nitrogens with one attached hydrogen (secondary N) is 4. The van der Waals surface area contributed by atoms with E-state index in [1.165, 1.54) is 4.90 Å². The molecule has 6 N–H and O–H groups in total. The first-order valence-electron chi connectivity index (χ1n) is 20.3. The van der Waals surface area contributed by atoms with Crippen LogP contribution in [0, 0.1) is 24.5 Å². The minimum Gasteiger partial charge on any atom is -0.377 e. The highest BCUT2D eigenvalue weighted by Gasteiger charge is 2.48. The number of aryl methyl sites for hydroxylation is 1. The maximum Gasteiger partial charge on any atom is 0.469 e. The number of fused-ring (bicyclic) bond motifs is 3. The van der Waals surface area contributed by atoms with Gasteiger partial charge in [-0.15, -0.1) is 0 Å². The Morgan fingerprint density at radius 2 is 1.62 bits per heavy atom. The molecule has 2 aromatic carbocycles. The van der Waals surface area contributed by atoms with E-state index in [1.54, 1.807) is 36.1 Å². The zero-order chi connectivity index (χ0) is 44.2. The van der Waals surface area contributed by atoms with Crippen molar-refractivity contribution in [3.8, 4) is 0 Å². The second-order valence-corrected chi connectivity index (χ2v) is 17.5. The lowest BCUT2D eigenvalue weighted by molar-refractivity contribution is -0.152. The SMILES string of the molecule is Cc1ccc(NC(=O)N[C@@H](Cc2cc(F)cc(F)c2)C(=O)N[C@H]2COC[C@@H]3C[C@@H](C)CN3C(=O)[C@H](C)NC(=O)[C@@H]3CCCCN3C(=O)[C@@H]3C[C@@H](OP(=O)(O)O)CN3C2=O)cc1. The van der Waals surface area contributed by atoms with Gasteiger partial charge < -0.3 is 50.5 Å². The number of carbonyl (C=O) groups excluding carboxylic acids is 6. The van der Waals surface area contributed by atoms with Crippen molar-refractivity contribution in [1.29, 1.82) is 0 Å². The number of anilines is 1. The Bertz CT molecular complexity index is 2020. The number of rotatable bonds is 8. The lowest BCUT2D eigenvalue weighted by Crippen LogP contribution is -2.61. The lowest BCUT2D eigenvalue weighted by atomic mass is 9.99. The summed E-state index contributed by atoms with van der Waals surface area (Å²) in [5.74, 6) is -5.40. The van der Waals surface area contributed by atoms with E-state index in [0.29, 0.717) is 37.6 Å². The van der Waals surface area contributed by atoms with E-state index in [0.717, 1.165) is 22.6 Å². The fraction of sp³-hybridized carbons (Fsp3) is 0.550. The average molecular weight is 876 g/mol. The Morgan fingerprint density at radius 3 is 2.31 bits per heavy atom. The van der Waals surface area contributed by atoms with Crippen LogP contribution in [0.15, 0.2) is 42.5 Å². The van der Waals surface area contributed by atoms with Gasteiger partial charge >= 0.3 is 13.9 Å². The summed E-state index contributed by atoms with van der Waals surface area (Å²) in [6.07, 6.45) is -0.305. The van der Waals surface area contributed by atoms with Crippen LogP contribution >= 0.6 is 7.82 Å². The smallest absolute Gasteiger partial charge is 0.377 e. The predicted octanol–water partition coefficient (Wildman–Crippen LogP) is 1.72. The van der Waals surface area contributed by atoms with Gasteiger partial charge in [0.25, 0.3) is 0 Å². The molecule has 0 aromatic heterocycles. The fourth-order valence-corrected chi connectivity index (χ4v) is 9.05. The van der Waals surface area contributed by atoms with Crippen molar-refractivity contribution in [3.63, 3.8) is 0 Å². The van der Waals surface area contributed by atoms with Gasteiger partial charge in [0.2, 0.25) is 29.5 Å². The molecule has 332 valence electrons. The van der Waals surface area contributed by atoms with E-state index < -0.39 is 111 Å². The molecular weight excluding hydrogens is 823 g/mol. The molecule has 0 saturated carbocycles. The molecule has 0 unspecified atom stereocenters. The highest BCUT2D eigenvalue weighted by molar-refractivity contribution is 7.46. The first-order valence-corrected chi connectivity index (χ1v) is 21.8. The standard InChI is InChI=1S/C40H52F2N7O11P/c1-22-7-9-28(10-8-22)44-40(55)46-31(15-25-13-26(41)16-27(42)14-25)35(50)45-32-21-59-20-29-12-23(2)18-48(29)37(52)24(3)43-36(51)33-6-4-5-11-47(33)39(54)34-17-30(60-61(56,57)58)19-49(34)38(32)53/h7-10,13-14,16,23-24,29-34H,4-6,11-12,15,17-21H2,1-3H3,(H,43,51)(H,45,50)(H2,44,46,55)(H2,56,57,58)/t23-,24+,29+,30-,31+,32+,33+,34+/m1/s1. The van der Waals surface area contributed by atoms with Gasteiger partial charge in [-0.25, -0.2) is 18.1 Å². The van der Waals surface area contributed by atoms with Crippen LogP contribution in [0.5, 0.6) is 0 Å². The number of piperidine rings is 1. The molecule has 4 heterocycles. The zero-order valence-electron chi connectivity index (χ0n) is 34.1. The molecule has 8 atom stereocenters. The fourth-order valence-electron chi connectivity index (χ4n) is 8.51. The highest BCUT2D eigenvalue weighted by atomic mass is 31.2. The van der Waals surface area contributed by atoms with Gasteiger partial charge in [0.05, 0.1) is 25.4 Å². The normalized spacial score (nSPS) is 27.1. The van der Waals surface area contributed by atoms with E-state index in [9.17, 15) is 51.9 Å². The van der Waals surface area contributed by atoms with Crippen molar-refractivity contribution in [3.05, 3.63) is 65.2 Å². The molecule has 4 aliphatic rings. The molecule has 0 spiro atoms. The Morgan fingerprint density at radius 1 is 0.918 bits per heavy atom. The number of urea groups is 1. The lowest BCUT2D eigenvalue weighted by Gasteiger charge is -2.39. The summed E-state index contributed by atoms with van der Waals surface area (Å²) in [5.41, 5.74) is 1.27. The molecular formula is C40H52F2N7O11P. The monoisotopic (exact) mass is 875 g/mol. The Labute approximate surface area is 351 Å². The number of benzene rings is 2. The molecule has 61 heavy (non-hydrogen) atoms. The summed E-state index contributed by atoms with van der Waals surface area (Å²) >= 11 is 0. The zero-order valence-corrected chi connectivity index (χ0v) is 34.9. The number of ether oxygens (including phenoxy) is 1. The molecule has 7 amide bonds. The van der Waals surface area contributed by atoms with Crippen molar-refractivity contribution in [2.75, 3.05) is 38.2 Å². The third-order valence-electron chi connectivity index (χ3n) is 11.3. The molecule has 4 saturated heterocycles. The molecule has 0 bridgehead atoms. The van der Waals surface area contributed by atoms with Crippen molar-refractivity contribution in [1.82, 2.24) is 30.7 Å². The number of halogens is 2. The van der Waals surface area contributed by atoms with E-state index in [2.05, 4.69) is 21.3 Å². The number of phosphoric acid groups is 1. The third kappa shape index (κ3) is 11.7. The average Bonchev–Trinajstić information content (AvgIpc) is 3.78. The van der Waals surface area contributed by atoms with Gasteiger partial charge in [0.1, 0.15) is 41.8 Å². The predicted molar refractivity (Wildman–Crippen MR) is 213 cm³/mol. The van der Waals surface area contributed by atoms with Gasteiger partial charge in [-0.2, -0.15) is 0 Å². The number of hydrogen-bond acceptors (Lipinski definition) is 9. The summed E-state index contributed by atoms with van der Waals surface area (Å²) in [4.78, 5) is 108. The molecule has 0 aliphatic carbocycles. The number of nitrogens with zero attached hydrogens (tertiary/aromatic N) is 3. The summed E-state index contributed by atoms with van der Waals surface area (Å²) in [7, 11) is -5.14. The van der Waals surface area contributed by atoms with Crippen molar-refractivity contribution >= 4 is 49.1 Å². The highest BCUT2D eigenvalue weighted by Crippen LogP contribution is 2.41. The first-order chi connectivity index (χ1) is 28.8. The maximum atomic E-state index is 14.7. The minimum atomic E-state index is -5.14. The molecule has 0 radical (unpaired) electrons. The van der Waals surface area contributed by atoms with Crippen LogP contribution in [0.3, 0.4) is 0 Å². The van der Waals surface area contributed by atoms with Crippen LogP contribution in [0.25, 0.3) is 0 Å². The summed E-state index contributed by atoms with van der Waals surface area (Å²) in [6.45, 7) is 4.66. The molecule has 21 heteroatoms. The summed E-state index contributed by atoms with van der Waals surface area (Å²) < 4.78 is 51.7. The van der Waals surface area contributed by atoms with Crippen LogP contribution in [-0.4, -0.2) is 135 Å². The number of phosphoric ester groups is 1. The van der Waals surface area contributed by atoms with Gasteiger partial charge in [-0.05, 0) is 75.3 Å². The van der Waals surface area contributed by atoms with Crippen molar-refractivity contribution < 1.29 is 61.2 Å². The second-order valence-electron chi connectivity index (χ2n) is 16.3. The second kappa shape index (κ2) is 19.4. The van der Waals surface area contributed by atoms with E-state index >= 15 is 0 Å². The van der Waals surface area contributed by atoms with E-state index in [-0.39, 0.29) is 43.4 Å². The van der Waals surface area contributed by atoms with Gasteiger partial charge in [-0.1, -0.05) is 24.6 Å². The van der Waals surface area contributed by atoms with Gasteiger partial charge in [-0.3, -0.25) is 28.5 Å². The largest absolute Gasteiger partial charge is 0.469 e. The summed E-state index contributed by atoms with van der Waals surface area (Å²) in [6, 6.07) is 1.39. The molecule has 4 fully saturated rings. The third-order valence-corrected chi connectivity index (χ3v) is 11.9. The van der Waals surface area contributed by atoms with Crippen LogP contribution in [0.2, 0.25) is 0 Å². The molecule has 6 rings (SSSR count). The van der Waals surface area contributed by atoms with E-state index in [4.69, 9.17) is 9.26 Å². The maximum absolute atomic E-state index is 14.7. The number of carbonyl (C=O) groups is 6.